The maximum absolute atomic E-state index is 14.5. The predicted octanol–water partition coefficient (Wildman–Crippen LogP) is 6.10. The summed E-state index contributed by atoms with van der Waals surface area (Å²) in [4.78, 5) is 29.7. The van der Waals surface area contributed by atoms with Gasteiger partial charge in [-0.15, -0.1) is 0 Å². The molecule has 0 aromatic heterocycles. The molecule has 0 unspecified atom stereocenters. The third kappa shape index (κ3) is 8.86. The number of hydrogen-bond acceptors (Lipinski definition) is 5. The van der Waals surface area contributed by atoms with E-state index in [4.69, 9.17) is 16.3 Å². The van der Waals surface area contributed by atoms with Gasteiger partial charge >= 0.3 is 0 Å². The molecule has 1 N–H and O–H groups in total. The summed E-state index contributed by atoms with van der Waals surface area (Å²) in [7, 11) is -4.19. The Morgan fingerprint density at radius 3 is 2.04 bits per heavy atom. The van der Waals surface area contributed by atoms with Gasteiger partial charge < -0.3 is 15.0 Å². The van der Waals surface area contributed by atoms with Crippen LogP contribution in [0.25, 0.3) is 0 Å². The molecule has 0 saturated heterocycles. The number of carbonyl (C=O) groups excluding carboxylic acids is 2. The average molecular weight is 648 g/mol. The third-order valence-corrected chi connectivity index (χ3v) is 9.20. The molecule has 1 atom stereocenters. The molecule has 0 aliphatic rings. The van der Waals surface area contributed by atoms with Gasteiger partial charge in [0.15, 0.2) is 0 Å². The summed E-state index contributed by atoms with van der Waals surface area (Å²) in [5.74, 6) is -0.353. The molecule has 0 saturated carbocycles. The first kappa shape index (κ1) is 33.6. The molecule has 0 bridgehead atoms. The number of rotatable bonds is 14. The second-order valence-corrected chi connectivity index (χ2v) is 13.0. The van der Waals surface area contributed by atoms with E-state index in [2.05, 4.69) is 5.32 Å². The van der Waals surface area contributed by atoms with Crippen LogP contribution < -0.4 is 14.4 Å². The van der Waals surface area contributed by atoms with E-state index in [1.54, 1.807) is 66.7 Å². The predicted molar refractivity (Wildman–Crippen MR) is 178 cm³/mol. The van der Waals surface area contributed by atoms with Crippen molar-refractivity contribution in [3.8, 4) is 5.75 Å². The number of amides is 2. The van der Waals surface area contributed by atoms with Crippen LogP contribution in [0.1, 0.15) is 31.9 Å². The quantitative estimate of drug-likeness (QED) is 0.179. The molecule has 4 aromatic carbocycles. The second kappa shape index (κ2) is 15.6. The van der Waals surface area contributed by atoms with Crippen LogP contribution in [0.5, 0.6) is 5.75 Å². The number of nitrogens with one attached hydrogen (secondary N) is 1. The van der Waals surface area contributed by atoms with Gasteiger partial charge in [0, 0.05) is 24.0 Å². The van der Waals surface area contributed by atoms with Gasteiger partial charge in [-0.3, -0.25) is 13.9 Å². The van der Waals surface area contributed by atoms with Crippen molar-refractivity contribution in [3.05, 3.63) is 125 Å². The summed E-state index contributed by atoms with van der Waals surface area (Å²) < 4.78 is 34.8. The number of hydrogen-bond donors (Lipinski definition) is 1. The van der Waals surface area contributed by atoms with Gasteiger partial charge in [0.1, 0.15) is 18.3 Å². The molecule has 4 rings (SSSR count). The first-order chi connectivity index (χ1) is 21.6. The van der Waals surface area contributed by atoms with Crippen LogP contribution in [0, 0.1) is 0 Å². The van der Waals surface area contributed by atoms with Crippen LogP contribution in [-0.4, -0.2) is 50.4 Å². The van der Waals surface area contributed by atoms with Gasteiger partial charge in [0.25, 0.3) is 10.0 Å². The van der Waals surface area contributed by atoms with E-state index in [9.17, 15) is 18.0 Å². The van der Waals surface area contributed by atoms with Gasteiger partial charge in [-0.25, -0.2) is 8.42 Å². The van der Waals surface area contributed by atoms with Crippen LogP contribution in [-0.2, 0) is 32.6 Å². The highest BCUT2D eigenvalue weighted by Gasteiger charge is 2.35. The fourth-order valence-corrected chi connectivity index (χ4v) is 6.50. The Labute approximate surface area is 270 Å². The lowest BCUT2D eigenvalue weighted by Gasteiger charge is -2.34. The fraction of sp³-hybridized carbons (Fsp3) is 0.257. The van der Waals surface area contributed by atoms with Crippen molar-refractivity contribution in [2.24, 2.45) is 0 Å². The van der Waals surface area contributed by atoms with Crippen LogP contribution in [0.4, 0.5) is 5.69 Å². The van der Waals surface area contributed by atoms with Crippen molar-refractivity contribution >= 4 is 39.1 Å². The molecule has 0 radical (unpaired) electrons. The van der Waals surface area contributed by atoms with Gasteiger partial charge in [0.2, 0.25) is 11.8 Å². The summed E-state index contributed by atoms with van der Waals surface area (Å²) in [5.41, 5.74) is 1.75. The average Bonchev–Trinajstić information content (AvgIpc) is 3.03. The Morgan fingerprint density at radius 2 is 1.44 bits per heavy atom. The minimum absolute atomic E-state index is 0.00990. The number of nitrogens with zero attached hydrogens (tertiary/aromatic N) is 2. The molecule has 0 spiro atoms. The minimum Gasteiger partial charge on any atom is -0.494 e. The first-order valence-electron chi connectivity index (χ1n) is 14.8. The van der Waals surface area contributed by atoms with E-state index in [-0.39, 0.29) is 35.5 Å². The third-order valence-electron chi connectivity index (χ3n) is 7.05. The highest BCUT2D eigenvalue weighted by molar-refractivity contribution is 7.92. The van der Waals surface area contributed by atoms with Crippen LogP contribution in [0.3, 0.4) is 0 Å². The van der Waals surface area contributed by atoms with Crippen molar-refractivity contribution in [1.82, 2.24) is 10.2 Å². The number of benzene rings is 4. The number of halogens is 1. The van der Waals surface area contributed by atoms with Gasteiger partial charge in [-0.2, -0.15) is 0 Å². The van der Waals surface area contributed by atoms with E-state index in [1.807, 2.05) is 51.1 Å². The second-order valence-electron chi connectivity index (χ2n) is 10.7. The zero-order valence-electron chi connectivity index (χ0n) is 25.6. The van der Waals surface area contributed by atoms with Gasteiger partial charge in [-0.1, -0.05) is 78.3 Å². The van der Waals surface area contributed by atoms with Crippen LogP contribution >= 0.6 is 11.6 Å². The Kier molecular flexibility index (Phi) is 11.6. The molecular formula is C35H38ClN3O5S. The smallest absolute Gasteiger partial charge is 0.264 e. The summed E-state index contributed by atoms with van der Waals surface area (Å²) in [6, 6.07) is 29.8. The topological polar surface area (TPSA) is 96.0 Å². The van der Waals surface area contributed by atoms with E-state index < -0.39 is 28.5 Å². The molecule has 10 heteroatoms. The van der Waals surface area contributed by atoms with Crippen molar-refractivity contribution in [2.75, 3.05) is 17.5 Å². The van der Waals surface area contributed by atoms with Gasteiger partial charge in [-0.05, 0) is 74.4 Å². The molecule has 4 aromatic rings. The zero-order chi connectivity index (χ0) is 32.4. The lowest BCUT2D eigenvalue weighted by Crippen LogP contribution is -2.54. The number of ether oxygens (including phenoxy) is 1. The molecule has 0 aliphatic carbocycles. The Hall–Kier alpha value is -4.34. The Bertz CT molecular complexity index is 1670. The molecule has 236 valence electrons. The van der Waals surface area contributed by atoms with Crippen molar-refractivity contribution < 1.29 is 22.7 Å². The highest BCUT2D eigenvalue weighted by Crippen LogP contribution is 2.27. The molecule has 2 amide bonds. The summed E-state index contributed by atoms with van der Waals surface area (Å²) in [6.45, 7) is 5.42. The van der Waals surface area contributed by atoms with E-state index >= 15 is 0 Å². The van der Waals surface area contributed by atoms with E-state index in [0.29, 0.717) is 22.9 Å². The van der Waals surface area contributed by atoms with Crippen LogP contribution in [0.15, 0.2) is 114 Å². The molecule has 45 heavy (non-hydrogen) atoms. The Morgan fingerprint density at radius 1 is 0.844 bits per heavy atom. The normalized spacial score (nSPS) is 11.9. The van der Waals surface area contributed by atoms with Crippen molar-refractivity contribution in [3.63, 3.8) is 0 Å². The lowest BCUT2D eigenvalue weighted by molar-refractivity contribution is -0.140. The summed E-state index contributed by atoms with van der Waals surface area (Å²) in [5, 5.41) is 3.38. The number of sulfonamides is 1. The number of carbonyl (C=O) groups is 2. The van der Waals surface area contributed by atoms with Crippen LogP contribution in [0.2, 0.25) is 5.02 Å². The lowest BCUT2D eigenvalue weighted by atomic mass is 10.0. The zero-order valence-corrected chi connectivity index (χ0v) is 27.2. The maximum atomic E-state index is 14.5. The molecule has 0 aliphatic heterocycles. The fourth-order valence-electron chi connectivity index (χ4n) is 4.87. The SMILES string of the molecule is CCOc1ccc(N(CC(=O)N(Cc2ccccc2Cl)[C@H](Cc2ccccc2)C(=O)NC(C)C)S(=O)(=O)c2ccccc2)cc1. The molecule has 0 fully saturated rings. The summed E-state index contributed by atoms with van der Waals surface area (Å²) in [6.07, 6.45) is 0.212. The largest absolute Gasteiger partial charge is 0.494 e. The molecule has 0 heterocycles. The van der Waals surface area contributed by atoms with E-state index in [1.165, 1.54) is 17.0 Å². The molecule has 8 nitrogen and oxygen atoms in total. The minimum atomic E-state index is -4.19. The Balaban J connectivity index is 1.80. The van der Waals surface area contributed by atoms with E-state index in [0.717, 1.165) is 9.87 Å². The number of anilines is 1. The van der Waals surface area contributed by atoms with Crippen molar-refractivity contribution in [1.29, 1.82) is 0 Å². The first-order valence-corrected chi connectivity index (χ1v) is 16.6. The van der Waals surface area contributed by atoms with Gasteiger partial charge in [0.05, 0.1) is 17.2 Å². The van der Waals surface area contributed by atoms with Crippen molar-refractivity contribution in [2.45, 2.75) is 50.7 Å². The summed E-state index contributed by atoms with van der Waals surface area (Å²) >= 11 is 6.54. The molecular weight excluding hydrogens is 610 g/mol. The highest BCUT2D eigenvalue weighted by atomic mass is 35.5. The maximum Gasteiger partial charge on any atom is 0.264 e. The standard InChI is InChI=1S/C35H38ClN3O5S/c1-4-44-30-21-19-29(20-22-30)39(45(42,43)31-16-9-6-10-17-31)25-34(40)38(24-28-15-11-12-18-32(28)36)33(35(41)37-26(2)3)23-27-13-7-5-8-14-27/h5-22,26,33H,4,23-25H2,1-3H3,(H,37,41)/t33-/m1/s1. The monoisotopic (exact) mass is 647 g/mol.